The number of anilines is 1. The summed E-state index contributed by atoms with van der Waals surface area (Å²) in [7, 11) is 1.33. The van der Waals surface area contributed by atoms with E-state index < -0.39 is 6.04 Å². The number of nitrogens with two attached hydrogens (primary N) is 1. The molecule has 2 rings (SSSR count). The summed E-state index contributed by atoms with van der Waals surface area (Å²) in [5, 5.41) is 0. The highest BCUT2D eigenvalue weighted by molar-refractivity contribution is 6.01. The van der Waals surface area contributed by atoms with Crippen LogP contribution >= 0.6 is 0 Å². The largest absolute Gasteiger partial charge is 0.467 e. The Morgan fingerprint density at radius 1 is 1.39 bits per heavy atom. The minimum absolute atomic E-state index is 0.207. The van der Waals surface area contributed by atoms with Gasteiger partial charge in [0.05, 0.1) is 12.7 Å². The van der Waals surface area contributed by atoms with Gasteiger partial charge in [-0.15, -0.1) is 0 Å². The average Bonchev–Trinajstić information content (AvgIpc) is 2.86. The molecule has 18 heavy (non-hydrogen) atoms. The summed E-state index contributed by atoms with van der Waals surface area (Å²) < 4.78 is 4.72. The third-order valence-electron chi connectivity index (χ3n) is 3.18. The van der Waals surface area contributed by atoms with Crippen LogP contribution in [-0.4, -0.2) is 36.5 Å². The van der Waals surface area contributed by atoms with Gasteiger partial charge < -0.3 is 15.4 Å². The van der Waals surface area contributed by atoms with Gasteiger partial charge in [-0.2, -0.15) is 0 Å². The molecule has 1 unspecified atom stereocenters. The summed E-state index contributed by atoms with van der Waals surface area (Å²) >= 11 is 0. The van der Waals surface area contributed by atoms with Gasteiger partial charge in [-0.1, -0.05) is 12.1 Å². The zero-order valence-corrected chi connectivity index (χ0v) is 10.3. The number of esters is 1. The summed E-state index contributed by atoms with van der Waals surface area (Å²) in [6.45, 7) is 0.562. The molecule has 1 aliphatic rings. The lowest BCUT2D eigenvalue weighted by atomic mass is 10.1. The predicted octanol–water partition coefficient (Wildman–Crippen LogP) is 1.05. The van der Waals surface area contributed by atoms with Crippen LogP contribution in [0.2, 0.25) is 0 Å². The Hall–Kier alpha value is -2.04. The van der Waals surface area contributed by atoms with Crippen molar-refractivity contribution >= 4 is 17.6 Å². The fourth-order valence-electron chi connectivity index (χ4n) is 2.24. The maximum absolute atomic E-state index is 12.3. The number of nitrogen functional groups attached to an aromatic ring is 1. The second kappa shape index (κ2) is 5.08. The van der Waals surface area contributed by atoms with Crippen molar-refractivity contribution in [3.63, 3.8) is 0 Å². The summed E-state index contributed by atoms with van der Waals surface area (Å²) in [5.41, 5.74) is 6.65. The molecule has 5 heteroatoms. The Morgan fingerprint density at radius 3 is 2.78 bits per heavy atom. The molecule has 0 aliphatic carbocycles. The van der Waals surface area contributed by atoms with Crippen molar-refractivity contribution in [3.8, 4) is 0 Å². The van der Waals surface area contributed by atoms with Gasteiger partial charge in [-0.3, -0.25) is 4.79 Å². The van der Waals surface area contributed by atoms with Gasteiger partial charge in [-0.05, 0) is 25.0 Å². The number of rotatable bonds is 2. The number of benzene rings is 1. The Bertz CT molecular complexity index is 473. The Kier molecular flexibility index (Phi) is 3.50. The molecule has 5 nitrogen and oxygen atoms in total. The van der Waals surface area contributed by atoms with E-state index >= 15 is 0 Å². The van der Waals surface area contributed by atoms with Crippen LogP contribution < -0.4 is 5.73 Å². The maximum Gasteiger partial charge on any atom is 0.328 e. The lowest BCUT2D eigenvalue weighted by molar-refractivity contribution is -0.145. The maximum atomic E-state index is 12.3. The fraction of sp³-hybridized carbons (Fsp3) is 0.385. The minimum Gasteiger partial charge on any atom is -0.467 e. The predicted molar refractivity (Wildman–Crippen MR) is 66.9 cm³/mol. The number of nitrogens with zero attached hydrogens (tertiary/aromatic N) is 1. The molecule has 1 aromatic rings. The van der Waals surface area contributed by atoms with Gasteiger partial charge in [-0.25, -0.2) is 4.79 Å². The highest BCUT2D eigenvalue weighted by Gasteiger charge is 2.35. The van der Waals surface area contributed by atoms with E-state index in [1.165, 1.54) is 12.0 Å². The van der Waals surface area contributed by atoms with E-state index in [1.807, 2.05) is 0 Å². The molecular weight excluding hydrogens is 232 g/mol. The van der Waals surface area contributed by atoms with E-state index in [4.69, 9.17) is 10.5 Å². The smallest absolute Gasteiger partial charge is 0.328 e. The van der Waals surface area contributed by atoms with Crippen LogP contribution in [0.15, 0.2) is 24.3 Å². The standard InChI is InChI=1S/C13H16N2O3/c1-18-13(17)11-7-4-8-15(11)12(16)9-5-2-3-6-10(9)14/h2-3,5-6,11H,4,7-8,14H2,1H3. The van der Waals surface area contributed by atoms with Gasteiger partial charge in [0, 0.05) is 12.2 Å². The molecule has 0 spiro atoms. The average molecular weight is 248 g/mol. The van der Waals surface area contributed by atoms with Crippen LogP contribution in [0.25, 0.3) is 0 Å². The first-order chi connectivity index (χ1) is 8.65. The summed E-state index contributed by atoms with van der Waals surface area (Å²) in [6, 6.07) is 6.39. The first kappa shape index (κ1) is 12.4. The van der Waals surface area contributed by atoms with Crippen molar-refractivity contribution in [3.05, 3.63) is 29.8 Å². The van der Waals surface area contributed by atoms with Crippen molar-refractivity contribution in [1.82, 2.24) is 4.90 Å². The van der Waals surface area contributed by atoms with Gasteiger partial charge in [0.25, 0.3) is 5.91 Å². The van der Waals surface area contributed by atoms with Crippen LogP contribution in [0, 0.1) is 0 Å². The number of amides is 1. The first-order valence-corrected chi connectivity index (χ1v) is 5.88. The van der Waals surface area contributed by atoms with E-state index in [2.05, 4.69) is 0 Å². The van der Waals surface area contributed by atoms with Crippen molar-refractivity contribution in [2.75, 3.05) is 19.4 Å². The van der Waals surface area contributed by atoms with Gasteiger partial charge in [0.2, 0.25) is 0 Å². The molecule has 1 aliphatic heterocycles. The van der Waals surface area contributed by atoms with E-state index in [-0.39, 0.29) is 11.9 Å². The van der Waals surface area contributed by atoms with Crippen molar-refractivity contribution < 1.29 is 14.3 Å². The highest BCUT2D eigenvalue weighted by Crippen LogP contribution is 2.23. The van der Waals surface area contributed by atoms with E-state index in [0.717, 1.165) is 6.42 Å². The molecule has 1 heterocycles. The molecule has 1 amide bonds. The number of carbonyl (C=O) groups excluding carboxylic acids is 2. The van der Waals surface area contributed by atoms with Gasteiger partial charge in [0.15, 0.2) is 0 Å². The monoisotopic (exact) mass is 248 g/mol. The molecule has 0 radical (unpaired) electrons. The lowest BCUT2D eigenvalue weighted by Gasteiger charge is -2.23. The topological polar surface area (TPSA) is 72.6 Å². The molecule has 1 atom stereocenters. The van der Waals surface area contributed by atoms with Crippen LogP contribution in [0.1, 0.15) is 23.2 Å². The van der Waals surface area contributed by atoms with Crippen LogP contribution in [0.3, 0.4) is 0 Å². The van der Waals surface area contributed by atoms with Crippen molar-refractivity contribution in [2.45, 2.75) is 18.9 Å². The molecule has 1 fully saturated rings. The van der Waals surface area contributed by atoms with E-state index in [9.17, 15) is 9.59 Å². The number of hydrogen-bond acceptors (Lipinski definition) is 4. The Morgan fingerprint density at radius 2 is 2.11 bits per heavy atom. The quantitative estimate of drug-likeness (QED) is 0.627. The molecule has 0 saturated carbocycles. The Labute approximate surface area is 106 Å². The third kappa shape index (κ3) is 2.16. The van der Waals surface area contributed by atoms with E-state index in [1.54, 1.807) is 24.3 Å². The lowest BCUT2D eigenvalue weighted by Crippen LogP contribution is -2.41. The second-order valence-corrected chi connectivity index (χ2v) is 4.27. The minimum atomic E-state index is -0.484. The number of ether oxygens (including phenoxy) is 1. The zero-order chi connectivity index (χ0) is 13.1. The molecule has 0 aromatic heterocycles. The zero-order valence-electron chi connectivity index (χ0n) is 10.3. The number of likely N-dealkylation sites (tertiary alicyclic amines) is 1. The highest BCUT2D eigenvalue weighted by atomic mass is 16.5. The molecule has 1 saturated heterocycles. The fourth-order valence-corrected chi connectivity index (χ4v) is 2.24. The molecule has 2 N–H and O–H groups in total. The number of hydrogen-bond donors (Lipinski definition) is 1. The van der Waals surface area contributed by atoms with Crippen LogP contribution in [0.5, 0.6) is 0 Å². The Balaban J connectivity index is 2.23. The van der Waals surface area contributed by atoms with Crippen LogP contribution in [0.4, 0.5) is 5.69 Å². The summed E-state index contributed by atoms with van der Waals surface area (Å²) in [4.78, 5) is 25.5. The summed E-state index contributed by atoms with van der Waals surface area (Å²) in [5.74, 6) is -0.573. The van der Waals surface area contributed by atoms with Crippen LogP contribution in [-0.2, 0) is 9.53 Å². The number of methoxy groups -OCH3 is 1. The number of para-hydroxylation sites is 1. The third-order valence-corrected chi connectivity index (χ3v) is 3.18. The second-order valence-electron chi connectivity index (χ2n) is 4.27. The molecule has 0 bridgehead atoms. The normalized spacial score (nSPS) is 18.7. The molecule has 1 aromatic carbocycles. The van der Waals surface area contributed by atoms with Gasteiger partial charge in [0.1, 0.15) is 6.04 Å². The van der Waals surface area contributed by atoms with Crippen molar-refractivity contribution in [2.24, 2.45) is 0 Å². The first-order valence-electron chi connectivity index (χ1n) is 5.88. The van der Waals surface area contributed by atoms with Crippen molar-refractivity contribution in [1.29, 1.82) is 0 Å². The SMILES string of the molecule is COC(=O)C1CCCN1C(=O)c1ccccc1N. The summed E-state index contributed by atoms with van der Waals surface area (Å²) in [6.07, 6.45) is 1.45. The number of carbonyl (C=O) groups is 2. The molecular formula is C13H16N2O3. The molecule has 96 valence electrons. The van der Waals surface area contributed by atoms with Gasteiger partial charge >= 0.3 is 5.97 Å². The van der Waals surface area contributed by atoms with E-state index in [0.29, 0.717) is 24.2 Å².